The number of fused-ring (bicyclic) bond motifs is 2. The van der Waals surface area contributed by atoms with Crippen LogP contribution in [0.5, 0.6) is 0 Å². The zero-order valence-corrected chi connectivity index (χ0v) is 24.2. The summed E-state index contributed by atoms with van der Waals surface area (Å²) in [5.74, 6) is 0.218. The van der Waals surface area contributed by atoms with Gasteiger partial charge >= 0.3 is 0 Å². The Labute approximate surface area is 248 Å². The highest BCUT2D eigenvalue weighted by molar-refractivity contribution is 5.95. The normalized spacial score (nSPS) is 14.0. The molecule has 0 bridgehead atoms. The first-order chi connectivity index (χ1) is 21.0. The molecule has 6 aromatic rings. The monoisotopic (exact) mass is 576 g/mol. The number of hydrogen-bond acceptors (Lipinski definition) is 8. The molecule has 5 aromatic heterocycles. The third kappa shape index (κ3) is 5.69. The summed E-state index contributed by atoms with van der Waals surface area (Å²) in [6.07, 6.45) is 8.00. The summed E-state index contributed by atoms with van der Waals surface area (Å²) in [6.45, 7) is 4.69. The molecule has 0 unspecified atom stereocenters. The Bertz CT molecular complexity index is 1900. The molecule has 1 aliphatic rings. The molecule has 0 radical (unpaired) electrons. The Hall–Kier alpha value is -4.74. The molecule has 1 aliphatic heterocycles. The van der Waals surface area contributed by atoms with E-state index in [4.69, 9.17) is 9.97 Å². The summed E-state index contributed by atoms with van der Waals surface area (Å²) >= 11 is 0. The van der Waals surface area contributed by atoms with Gasteiger partial charge in [-0.3, -0.25) is 20.0 Å². The van der Waals surface area contributed by atoms with Crippen molar-refractivity contribution in [2.75, 3.05) is 45.6 Å². The maximum Gasteiger partial charge on any atom is 0.161 e. The van der Waals surface area contributed by atoms with Gasteiger partial charge < -0.3 is 15.2 Å². The lowest BCUT2D eigenvalue weighted by molar-refractivity contribution is 0.331. The SMILES string of the molecule is CN(C)CCNc1cc(F)cc(-c2nccc3[nH]c(-c4n[nH]c5ccc(-c6cncc(CN7CCCC7)c6)nc45)nc23)c1. The number of hydrogen-bond donors (Lipinski definition) is 3. The zero-order chi connectivity index (χ0) is 29.3. The number of likely N-dealkylation sites (N-methyl/N-ethyl adjacent to an activating group) is 1. The minimum atomic E-state index is -0.339. The molecule has 1 saturated heterocycles. The summed E-state index contributed by atoms with van der Waals surface area (Å²) < 4.78 is 14.7. The number of nitrogens with zero attached hydrogens (tertiary/aromatic N) is 7. The van der Waals surface area contributed by atoms with Crippen molar-refractivity contribution >= 4 is 27.8 Å². The fourth-order valence-corrected chi connectivity index (χ4v) is 5.65. The molecule has 6 heterocycles. The van der Waals surface area contributed by atoms with Crippen molar-refractivity contribution in [1.82, 2.24) is 44.9 Å². The minimum absolute atomic E-state index is 0.339. The standard InChI is InChI=1S/C32H33FN10/c1-42(2)12-9-35-24-15-21(14-23(33)16-24)28-29-26(7-8-36-28)38-32(39-29)31-30-27(40-41-31)6-5-25(37-30)22-13-20(17-34-18-22)19-43-10-3-4-11-43/h5-8,13-18,35H,3-4,9-12,19H2,1-2H3,(H,38,39)(H,40,41). The second-order valence-electron chi connectivity index (χ2n) is 11.3. The van der Waals surface area contributed by atoms with E-state index < -0.39 is 0 Å². The molecule has 0 amide bonds. The number of nitrogens with one attached hydrogen (secondary N) is 3. The van der Waals surface area contributed by atoms with Crippen LogP contribution in [-0.2, 0) is 6.54 Å². The summed E-state index contributed by atoms with van der Waals surface area (Å²) in [4.78, 5) is 26.9. The van der Waals surface area contributed by atoms with Crippen LogP contribution in [0.4, 0.5) is 10.1 Å². The fraction of sp³-hybridized carbons (Fsp3) is 0.281. The van der Waals surface area contributed by atoms with E-state index in [9.17, 15) is 4.39 Å². The van der Waals surface area contributed by atoms with E-state index in [-0.39, 0.29) is 5.82 Å². The van der Waals surface area contributed by atoms with Crippen molar-refractivity contribution in [3.8, 4) is 34.0 Å². The number of anilines is 1. The van der Waals surface area contributed by atoms with Crippen LogP contribution in [-0.4, -0.2) is 85.2 Å². The van der Waals surface area contributed by atoms with Gasteiger partial charge in [0.1, 0.15) is 16.9 Å². The molecule has 10 nitrogen and oxygen atoms in total. The summed E-state index contributed by atoms with van der Waals surface area (Å²) in [5, 5.41) is 10.9. The molecule has 3 N–H and O–H groups in total. The topological polar surface area (TPSA) is 115 Å². The van der Waals surface area contributed by atoms with Gasteiger partial charge in [-0.2, -0.15) is 5.10 Å². The van der Waals surface area contributed by atoms with E-state index in [1.54, 1.807) is 6.20 Å². The van der Waals surface area contributed by atoms with Crippen LogP contribution in [0.15, 0.2) is 61.1 Å². The lowest BCUT2D eigenvalue weighted by Gasteiger charge is -2.14. The van der Waals surface area contributed by atoms with Gasteiger partial charge in [0.15, 0.2) is 11.5 Å². The van der Waals surface area contributed by atoms with Gasteiger partial charge in [0.2, 0.25) is 0 Å². The average molecular weight is 577 g/mol. The summed E-state index contributed by atoms with van der Waals surface area (Å²) in [7, 11) is 4.00. The van der Waals surface area contributed by atoms with Crippen molar-refractivity contribution in [2.24, 2.45) is 0 Å². The summed E-state index contributed by atoms with van der Waals surface area (Å²) in [5.41, 5.74) is 8.40. The number of rotatable bonds is 9. The second-order valence-corrected chi connectivity index (χ2v) is 11.3. The second kappa shape index (κ2) is 11.5. The number of likely N-dealkylation sites (tertiary alicyclic amines) is 1. The van der Waals surface area contributed by atoms with Crippen molar-refractivity contribution in [2.45, 2.75) is 19.4 Å². The zero-order valence-electron chi connectivity index (χ0n) is 24.2. The highest BCUT2D eigenvalue weighted by atomic mass is 19.1. The number of halogens is 1. The lowest BCUT2D eigenvalue weighted by atomic mass is 10.1. The fourth-order valence-electron chi connectivity index (χ4n) is 5.65. The molecule has 0 spiro atoms. The molecule has 7 rings (SSSR count). The van der Waals surface area contributed by atoms with E-state index in [1.165, 1.54) is 30.5 Å². The number of imidazole rings is 1. The number of aromatic nitrogens is 7. The van der Waals surface area contributed by atoms with Gasteiger partial charge in [-0.25, -0.2) is 14.4 Å². The molecule has 0 aliphatic carbocycles. The highest BCUT2D eigenvalue weighted by Gasteiger charge is 2.19. The lowest BCUT2D eigenvalue weighted by Crippen LogP contribution is -2.20. The molecular formula is C32H33FN10. The Morgan fingerprint density at radius 3 is 2.65 bits per heavy atom. The van der Waals surface area contributed by atoms with Crippen LogP contribution < -0.4 is 5.32 Å². The van der Waals surface area contributed by atoms with Crippen LogP contribution in [0, 0.1) is 5.82 Å². The van der Waals surface area contributed by atoms with Crippen LogP contribution in [0.2, 0.25) is 0 Å². The van der Waals surface area contributed by atoms with E-state index in [0.29, 0.717) is 46.0 Å². The number of pyridine rings is 3. The Kier molecular flexibility index (Phi) is 7.25. The minimum Gasteiger partial charge on any atom is -0.384 e. The Morgan fingerprint density at radius 1 is 0.930 bits per heavy atom. The predicted octanol–water partition coefficient (Wildman–Crippen LogP) is 5.33. The van der Waals surface area contributed by atoms with Crippen molar-refractivity contribution < 1.29 is 4.39 Å². The van der Waals surface area contributed by atoms with E-state index in [2.05, 4.69) is 46.3 Å². The van der Waals surface area contributed by atoms with Crippen LogP contribution >= 0.6 is 0 Å². The predicted molar refractivity (Wildman–Crippen MR) is 167 cm³/mol. The molecule has 0 saturated carbocycles. The molecular weight excluding hydrogens is 543 g/mol. The molecule has 1 fully saturated rings. The van der Waals surface area contributed by atoms with Crippen molar-refractivity contribution in [3.63, 3.8) is 0 Å². The average Bonchev–Trinajstić information content (AvgIpc) is 3.76. The van der Waals surface area contributed by atoms with Crippen LogP contribution in [0.25, 0.3) is 56.1 Å². The largest absolute Gasteiger partial charge is 0.384 e. The first-order valence-corrected chi connectivity index (χ1v) is 14.6. The van der Waals surface area contributed by atoms with E-state index in [0.717, 1.165) is 48.5 Å². The third-order valence-corrected chi connectivity index (χ3v) is 7.79. The van der Waals surface area contributed by atoms with Crippen molar-refractivity contribution in [1.29, 1.82) is 0 Å². The smallest absolute Gasteiger partial charge is 0.161 e. The first kappa shape index (κ1) is 27.1. The van der Waals surface area contributed by atoms with Gasteiger partial charge in [0.05, 0.1) is 22.4 Å². The van der Waals surface area contributed by atoms with Gasteiger partial charge in [0, 0.05) is 55.0 Å². The van der Waals surface area contributed by atoms with Gasteiger partial charge in [0.25, 0.3) is 0 Å². The highest BCUT2D eigenvalue weighted by Crippen LogP contribution is 2.32. The van der Waals surface area contributed by atoms with Gasteiger partial charge in [-0.1, -0.05) is 0 Å². The van der Waals surface area contributed by atoms with Gasteiger partial charge in [-0.05, 0) is 88.1 Å². The number of aromatic amines is 2. The first-order valence-electron chi connectivity index (χ1n) is 14.6. The Morgan fingerprint density at radius 2 is 1.79 bits per heavy atom. The van der Waals surface area contributed by atoms with Gasteiger partial charge in [-0.15, -0.1) is 0 Å². The summed E-state index contributed by atoms with van der Waals surface area (Å²) in [6, 6.07) is 12.9. The maximum atomic E-state index is 14.7. The van der Waals surface area contributed by atoms with Crippen LogP contribution in [0.1, 0.15) is 18.4 Å². The molecule has 218 valence electrons. The molecule has 11 heteroatoms. The molecule has 1 aromatic carbocycles. The van der Waals surface area contributed by atoms with Crippen molar-refractivity contribution in [3.05, 3.63) is 72.4 Å². The Balaban J connectivity index is 1.22. The number of benzene rings is 1. The quantitative estimate of drug-likeness (QED) is 0.212. The van der Waals surface area contributed by atoms with E-state index in [1.807, 2.05) is 50.8 Å². The van der Waals surface area contributed by atoms with Crippen LogP contribution in [0.3, 0.4) is 0 Å². The number of H-pyrrole nitrogens is 2. The maximum absolute atomic E-state index is 14.7. The van der Waals surface area contributed by atoms with E-state index >= 15 is 0 Å². The molecule has 43 heavy (non-hydrogen) atoms. The third-order valence-electron chi connectivity index (χ3n) is 7.79. The molecule has 0 atom stereocenters.